The highest BCUT2D eigenvalue weighted by molar-refractivity contribution is 5.90. The molecule has 37 heavy (non-hydrogen) atoms. The predicted octanol–water partition coefficient (Wildman–Crippen LogP) is 2.20. The van der Waals surface area contributed by atoms with Crippen molar-refractivity contribution in [3.63, 3.8) is 0 Å². The molecule has 0 aromatic heterocycles. The van der Waals surface area contributed by atoms with Crippen LogP contribution in [-0.4, -0.2) is 66.5 Å². The zero-order chi connectivity index (χ0) is 27.0. The molecule has 4 rings (SSSR count). The smallest absolute Gasteiger partial charge is 0.329 e. The Morgan fingerprint density at radius 1 is 1.19 bits per heavy atom. The van der Waals surface area contributed by atoms with Gasteiger partial charge in [0.15, 0.2) is 0 Å². The van der Waals surface area contributed by atoms with E-state index in [0.29, 0.717) is 19.8 Å². The van der Waals surface area contributed by atoms with Crippen LogP contribution < -0.4 is 26.4 Å². The molecule has 1 aliphatic carbocycles. The molecule has 3 unspecified atom stereocenters. The third-order valence-electron chi connectivity index (χ3n) is 7.20. The number of aliphatic carboxylic acids is 1. The number of rotatable bonds is 6. The van der Waals surface area contributed by atoms with Crippen LogP contribution in [0.1, 0.15) is 58.4 Å². The van der Waals surface area contributed by atoms with Crippen molar-refractivity contribution in [2.75, 3.05) is 19.8 Å². The summed E-state index contributed by atoms with van der Waals surface area (Å²) in [4.78, 5) is 38.5. The third-order valence-corrected chi connectivity index (χ3v) is 7.20. The molecular weight excluding hydrogens is 476 g/mol. The molecule has 0 radical (unpaired) electrons. The number of fused-ring (bicyclic) bond motifs is 13. The van der Waals surface area contributed by atoms with Crippen LogP contribution in [0, 0.1) is 11.8 Å². The molecule has 1 aromatic carbocycles. The minimum Gasteiger partial charge on any atom is -0.494 e. The second-order valence-corrected chi connectivity index (χ2v) is 10.9. The molecule has 0 spiro atoms. The van der Waals surface area contributed by atoms with Gasteiger partial charge in [0.25, 0.3) is 0 Å². The van der Waals surface area contributed by atoms with Crippen molar-refractivity contribution in [1.82, 2.24) is 16.0 Å². The van der Waals surface area contributed by atoms with Gasteiger partial charge >= 0.3 is 12.0 Å². The number of nitrogens with two attached hydrogens (primary N) is 1. The van der Waals surface area contributed by atoms with Crippen molar-refractivity contribution in [3.8, 4) is 5.75 Å². The van der Waals surface area contributed by atoms with E-state index in [1.165, 1.54) is 6.92 Å². The maximum atomic E-state index is 13.4. The lowest BCUT2D eigenvalue weighted by molar-refractivity contribution is -0.144. The minimum absolute atomic E-state index is 0.0774. The maximum Gasteiger partial charge on any atom is 0.329 e. The number of benzene rings is 1. The number of amides is 3. The molecule has 2 bridgehead atoms. The van der Waals surface area contributed by atoms with E-state index >= 15 is 0 Å². The highest BCUT2D eigenvalue weighted by Crippen LogP contribution is 2.33. The second-order valence-electron chi connectivity index (χ2n) is 10.9. The van der Waals surface area contributed by atoms with Crippen LogP contribution in [0.2, 0.25) is 0 Å². The fraction of sp³-hybridized carbons (Fsp3) is 0.667. The number of urea groups is 1. The zero-order valence-corrected chi connectivity index (χ0v) is 22.1. The van der Waals surface area contributed by atoms with Gasteiger partial charge in [-0.05, 0) is 68.6 Å². The Morgan fingerprint density at radius 3 is 2.49 bits per heavy atom. The van der Waals surface area contributed by atoms with Crippen molar-refractivity contribution in [2.45, 2.75) is 83.0 Å². The fourth-order valence-corrected chi connectivity index (χ4v) is 4.73. The Balaban J connectivity index is 1.75. The average molecular weight is 519 g/mol. The molecule has 10 nitrogen and oxygen atoms in total. The van der Waals surface area contributed by atoms with Gasteiger partial charge < -0.3 is 36.3 Å². The second kappa shape index (κ2) is 13.1. The number of hydrogen-bond acceptors (Lipinski definition) is 6. The Labute approximate surface area is 219 Å². The normalized spacial score (nSPS) is 26.8. The summed E-state index contributed by atoms with van der Waals surface area (Å²) in [6.45, 7) is 7.00. The lowest BCUT2D eigenvalue weighted by Gasteiger charge is -2.38. The van der Waals surface area contributed by atoms with E-state index < -0.39 is 23.6 Å². The molecule has 2 heterocycles. The number of carbonyl (C=O) groups is 3. The van der Waals surface area contributed by atoms with E-state index in [4.69, 9.17) is 15.2 Å². The summed E-state index contributed by atoms with van der Waals surface area (Å²) in [5, 5.41) is 18.2. The monoisotopic (exact) mass is 518 g/mol. The van der Waals surface area contributed by atoms with Crippen LogP contribution in [0.25, 0.3) is 0 Å². The fourth-order valence-electron chi connectivity index (χ4n) is 4.73. The van der Waals surface area contributed by atoms with E-state index in [-0.39, 0.29) is 42.7 Å². The Kier molecular flexibility index (Phi) is 10.2. The molecule has 10 heteroatoms. The Hall–Kier alpha value is -2.85. The SMILES string of the molecule is CC(C)C1COCCCCOc2ccc(cc2)CC(NC(=O)NC(C)(CC2CC(N)C2)C(=O)O)C(=O)N1. The first kappa shape index (κ1) is 28.7. The van der Waals surface area contributed by atoms with Gasteiger partial charge in [0.1, 0.15) is 17.3 Å². The summed E-state index contributed by atoms with van der Waals surface area (Å²) in [7, 11) is 0. The molecule has 206 valence electrons. The van der Waals surface area contributed by atoms with Crippen LogP contribution in [0.5, 0.6) is 5.75 Å². The molecular formula is C27H42N4O6. The summed E-state index contributed by atoms with van der Waals surface area (Å²) in [5.41, 5.74) is 5.21. The first-order chi connectivity index (χ1) is 17.6. The minimum atomic E-state index is -1.48. The molecule has 3 atom stereocenters. The van der Waals surface area contributed by atoms with E-state index in [9.17, 15) is 19.5 Å². The van der Waals surface area contributed by atoms with E-state index in [1.54, 1.807) is 0 Å². The predicted molar refractivity (Wildman–Crippen MR) is 139 cm³/mol. The number of carbonyl (C=O) groups excluding carboxylic acids is 2. The van der Waals surface area contributed by atoms with Crippen LogP contribution >= 0.6 is 0 Å². The first-order valence-corrected chi connectivity index (χ1v) is 13.2. The van der Waals surface area contributed by atoms with Gasteiger partial charge in [-0.15, -0.1) is 0 Å². The van der Waals surface area contributed by atoms with E-state index in [0.717, 1.165) is 37.0 Å². The number of ether oxygens (including phenoxy) is 2. The van der Waals surface area contributed by atoms with Crippen LogP contribution in [0.4, 0.5) is 4.79 Å². The molecule has 3 aliphatic rings. The molecule has 1 saturated carbocycles. The van der Waals surface area contributed by atoms with Gasteiger partial charge in [0, 0.05) is 19.1 Å². The third kappa shape index (κ3) is 8.60. The Bertz CT molecular complexity index is 918. The summed E-state index contributed by atoms with van der Waals surface area (Å²) >= 11 is 0. The highest BCUT2D eigenvalue weighted by Gasteiger charge is 2.41. The van der Waals surface area contributed by atoms with Gasteiger partial charge in [-0.25, -0.2) is 9.59 Å². The quantitative estimate of drug-likeness (QED) is 0.387. The van der Waals surface area contributed by atoms with Crippen molar-refractivity contribution in [1.29, 1.82) is 0 Å². The number of carboxylic acid groups (broad SMARTS) is 1. The van der Waals surface area contributed by atoms with Crippen molar-refractivity contribution in [2.24, 2.45) is 17.6 Å². The summed E-state index contributed by atoms with van der Waals surface area (Å²) in [6.07, 6.45) is 3.67. The van der Waals surface area contributed by atoms with Gasteiger partial charge in [-0.1, -0.05) is 26.0 Å². The highest BCUT2D eigenvalue weighted by atomic mass is 16.5. The van der Waals surface area contributed by atoms with Crippen LogP contribution in [0.3, 0.4) is 0 Å². The first-order valence-electron chi connectivity index (χ1n) is 13.2. The molecule has 1 fully saturated rings. The van der Waals surface area contributed by atoms with Gasteiger partial charge in [0.05, 0.1) is 19.3 Å². The summed E-state index contributed by atoms with van der Waals surface area (Å²) < 4.78 is 11.6. The topological polar surface area (TPSA) is 152 Å². The molecule has 6 N–H and O–H groups in total. The standard InChI is InChI=1S/C27H42N4O6/c1-17(2)23-16-36-10-4-5-11-37-21-8-6-18(7-9-21)14-22(24(32)29-23)30-26(35)31-27(3,25(33)34)15-19-12-20(28)13-19/h6-9,17,19-20,22-23H,4-5,10-16,28H2,1-3H3,(H,29,32)(H,33,34)(H2,30,31,35). The van der Waals surface area contributed by atoms with Crippen LogP contribution in [-0.2, 0) is 20.7 Å². The van der Waals surface area contributed by atoms with Crippen molar-refractivity contribution in [3.05, 3.63) is 29.8 Å². The maximum absolute atomic E-state index is 13.4. The van der Waals surface area contributed by atoms with Crippen molar-refractivity contribution < 1.29 is 29.0 Å². The lowest BCUT2D eigenvalue weighted by atomic mass is 9.73. The lowest BCUT2D eigenvalue weighted by Crippen LogP contribution is -2.61. The van der Waals surface area contributed by atoms with E-state index in [1.807, 2.05) is 38.1 Å². The summed E-state index contributed by atoms with van der Waals surface area (Å²) in [6, 6.07) is 5.63. The summed E-state index contributed by atoms with van der Waals surface area (Å²) in [5.74, 6) is -0.500. The number of carboxylic acids is 1. The molecule has 0 saturated heterocycles. The molecule has 1 aromatic rings. The van der Waals surface area contributed by atoms with Gasteiger partial charge in [-0.3, -0.25) is 4.79 Å². The number of hydrogen-bond donors (Lipinski definition) is 5. The average Bonchev–Trinajstić information content (AvgIpc) is 2.81. The van der Waals surface area contributed by atoms with Crippen molar-refractivity contribution >= 4 is 17.9 Å². The van der Waals surface area contributed by atoms with Gasteiger partial charge in [-0.2, -0.15) is 0 Å². The molecule has 2 aliphatic heterocycles. The van der Waals surface area contributed by atoms with E-state index in [2.05, 4.69) is 16.0 Å². The number of nitrogens with one attached hydrogen (secondary N) is 3. The van der Waals surface area contributed by atoms with Crippen LogP contribution in [0.15, 0.2) is 24.3 Å². The Morgan fingerprint density at radius 2 is 1.86 bits per heavy atom. The zero-order valence-electron chi connectivity index (χ0n) is 22.1. The van der Waals surface area contributed by atoms with Gasteiger partial charge in [0.2, 0.25) is 5.91 Å². The molecule has 3 amide bonds. The largest absolute Gasteiger partial charge is 0.494 e.